The molecule has 1 heterocycles. The molecule has 0 aliphatic carbocycles. The average molecular weight is 562 g/mol. The van der Waals surface area contributed by atoms with Crippen molar-refractivity contribution in [3.8, 4) is 5.75 Å². The molecular formula is C24H35N9O7. The number of carbonyl (C=O) groups excluding carboxylic acids is 3. The minimum Gasteiger partial charge on any atom is -0.508 e. The van der Waals surface area contributed by atoms with Crippen LogP contribution < -0.4 is 33.2 Å². The van der Waals surface area contributed by atoms with Gasteiger partial charge in [-0.3, -0.25) is 19.4 Å². The van der Waals surface area contributed by atoms with Gasteiger partial charge in [-0.15, -0.1) is 0 Å². The number of guanidine groups is 1. The molecule has 0 aliphatic heterocycles. The van der Waals surface area contributed by atoms with Crippen molar-refractivity contribution in [2.45, 2.75) is 49.9 Å². The number of aliphatic hydroxyl groups excluding tert-OH is 1. The second-order valence-electron chi connectivity index (χ2n) is 8.91. The highest BCUT2D eigenvalue weighted by Gasteiger charge is 2.30. The Bertz CT molecular complexity index is 1150. The fourth-order valence-corrected chi connectivity index (χ4v) is 3.59. The second-order valence-corrected chi connectivity index (χ2v) is 8.91. The Kier molecular flexibility index (Phi) is 12.3. The van der Waals surface area contributed by atoms with E-state index in [1.54, 1.807) is 12.1 Å². The molecule has 0 saturated carbocycles. The summed E-state index contributed by atoms with van der Waals surface area (Å²) in [5, 5.41) is 35.2. The normalized spacial score (nSPS) is 13.8. The maximum atomic E-state index is 13.3. The third kappa shape index (κ3) is 10.6. The Morgan fingerprint density at radius 3 is 2.15 bits per heavy atom. The van der Waals surface area contributed by atoms with Crippen LogP contribution in [-0.4, -0.2) is 92.3 Å². The highest BCUT2D eigenvalue weighted by atomic mass is 16.4. The predicted molar refractivity (Wildman–Crippen MR) is 143 cm³/mol. The molecule has 0 fully saturated rings. The topological polar surface area (TPSA) is 284 Å². The zero-order chi connectivity index (χ0) is 29.7. The fraction of sp³-hybridized carbons (Fsp3) is 0.417. The van der Waals surface area contributed by atoms with Gasteiger partial charge >= 0.3 is 5.97 Å². The Labute approximate surface area is 229 Å². The van der Waals surface area contributed by atoms with E-state index in [2.05, 4.69) is 30.9 Å². The van der Waals surface area contributed by atoms with Crippen LogP contribution in [0.15, 0.2) is 41.8 Å². The lowest BCUT2D eigenvalue weighted by molar-refractivity contribution is -0.143. The van der Waals surface area contributed by atoms with Crippen LogP contribution in [0.25, 0.3) is 0 Å². The second kappa shape index (κ2) is 15.6. The zero-order valence-corrected chi connectivity index (χ0v) is 21.6. The predicted octanol–water partition coefficient (Wildman–Crippen LogP) is -3.19. The number of phenolic OH excluding ortho intramolecular Hbond substituents is 1. The first kappa shape index (κ1) is 31.5. The molecule has 218 valence electrons. The molecule has 2 rings (SSSR count). The highest BCUT2D eigenvalue weighted by molar-refractivity contribution is 5.94. The Morgan fingerprint density at radius 2 is 1.57 bits per heavy atom. The summed E-state index contributed by atoms with van der Waals surface area (Å²) in [6.45, 7) is -0.738. The smallest absolute Gasteiger partial charge is 0.328 e. The quantitative estimate of drug-likeness (QED) is 0.0553. The first-order valence-corrected chi connectivity index (χ1v) is 12.3. The van der Waals surface area contributed by atoms with E-state index in [1.165, 1.54) is 24.7 Å². The van der Waals surface area contributed by atoms with Crippen LogP contribution in [0.5, 0.6) is 5.75 Å². The largest absolute Gasteiger partial charge is 0.508 e. The van der Waals surface area contributed by atoms with E-state index in [4.69, 9.17) is 17.2 Å². The number of benzene rings is 1. The minimum atomic E-state index is -1.59. The molecule has 13 N–H and O–H groups in total. The molecular weight excluding hydrogens is 526 g/mol. The number of aliphatic imine (C=N–C) groups is 1. The number of imidazole rings is 1. The summed E-state index contributed by atoms with van der Waals surface area (Å²) in [6, 6.07) is 1.06. The van der Waals surface area contributed by atoms with Crippen LogP contribution in [0.4, 0.5) is 0 Å². The number of hydrogen-bond acceptors (Lipinski definition) is 9. The lowest BCUT2D eigenvalue weighted by Gasteiger charge is -2.25. The van der Waals surface area contributed by atoms with Gasteiger partial charge in [-0.25, -0.2) is 9.78 Å². The van der Waals surface area contributed by atoms with E-state index in [1.807, 2.05) is 0 Å². The maximum absolute atomic E-state index is 13.3. The van der Waals surface area contributed by atoms with Crippen LogP contribution in [0.1, 0.15) is 24.1 Å². The molecule has 3 amide bonds. The molecule has 0 radical (unpaired) electrons. The van der Waals surface area contributed by atoms with E-state index in [0.29, 0.717) is 11.3 Å². The number of nitrogens with zero attached hydrogens (tertiary/aromatic N) is 2. The van der Waals surface area contributed by atoms with Crippen LogP contribution in [0.3, 0.4) is 0 Å². The van der Waals surface area contributed by atoms with Gasteiger partial charge in [0.25, 0.3) is 0 Å². The number of H-pyrrole nitrogens is 1. The molecule has 0 saturated heterocycles. The molecule has 16 heteroatoms. The van der Waals surface area contributed by atoms with Gasteiger partial charge in [-0.1, -0.05) is 12.1 Å². The first-order valence-electron chi connectivity index (χ1n) is 12.3. The molecule has 2 aromatic rings. The van der Waals surface area contributed by atoms with E-state index in [0.717, 1.165) is 0 Å². The number of phenols is 1. The number of nitrogens with two attached hydrogens (primary N) is 3. The highest BCUT2D eigenvalue weighted by Crippen LogP contribution is 2.11. The Balaban J connectivity index is 2.18. The monoisotopic (exact) mass is 561 g/mol. The number of aromatic amines is 1. The van der Waals surface area contributed by atoms with Gasteiger partial charge < -0.3 is 53.5 Å². The van der Waals surface area contributed by atoms with E-state index >= 15 is 0 Å². The van der Waals surface area contributed by atoms with Crippen molar-refractivity contribution in [3.63, 3.8) is 0 Å². The average Bonchev–Trinajstić information content (AvgIpc) is 3.42. The molecule has 0 bridgehead atoms. The van der Waals surface area contributed by atoms with Crippen LogP contribution in [0.2, 0.25) is 0 Å². The number of aliphatic hydroxyl groups is 1. The number of aromatic nitrogens is 2. The first-order chi connectivity index (χ1) is 19.0. The molecule has 0 aliphatic rings. The summed E-state index contributed by atoms with van der Waals surface area (Å²) in [5.74, 6) is -3.83. The van der Waals surface area contributed by atoms with Gasteiger partial charge in [-0.05, 0) is 37.0 Å². The fourth-order valence-electron chi connectivity index (χ4n) is 3.59. The molecule has 1 aromatic carbocycles. The summed E-state index contributed by atoms with van der Waals surface area (Å²) < 4.78 is 0. The van der Waals surface area contributed by atoms with Gasteiger partial charge in [0.05, 0.1) is 19.0 Å². The summed E-state index contributed by atoms with van der Waals surface area (Å²) in [5.41, 5.74) is 17.9. The molecule has 0 spiro atoms. The number of carbonyl (C=O) groups is 4. The van der Waals surface area contributed by atoms with Gasteiger partial charge in [0.2, 0.25) is 17.7 Å². The van der Waals surface area contributed by atoms with Crippen LogP contribution in [-0.2, 0) is 32.0 Å². The van der Waals surface area contributed by atoms with E-state index in [-0.39, 0.29) is 43.9 Å². The van der Waals surface area contributed by atoms with Gasteiger partial charge in [0.1, 0.15) is 23.9 Å². The van der Waals surface area contributed by atoms with Gasteiger partial charge in [0.15, 0.2) is 5.96 Å². The van der Waals surface area contributed by atoms with Gasteiger partial charge in [-0.2, -0.15) is 0 Å². The van der Waals surface area contributed by atoms with E-state index < -0.39 is 54.5 Å². The summed E-state index contributed by atoms with van der Waals surface area (Å²) in [7, 11) is 0. The van der Waals surface area contributed by atoms with Crippen LogP contribution >= 0.6 is 0 Å². The van der Waals surface area contributed by atoms with Crippen molar-refractivity contribution < 1.29 is 34.5 Å². The van der Waals surface area contributed by atoms with Crippen molar-refractivity contribution in [3.05, 3.63) is 48.0 Å². The summed E-state index contributed by atoms with van der Waals surface area (Å²) in [6.07, 6.45) is 3.20. The summed E-state index contributed by atoms with van der Waals surface area (Å²) in [4.78, 5) is 60.9. The van der Waals surface area contributed by atoms with Crippen molar-refractivity contribution in [1.29, 1.82) is 0 Å². The zero-order valence-electron chi connectivity index (χ0n) is 21.6. The summed E-state index contributed by atoms with van der Waals surface area (Å²) >= 11 is 0. The Morgan fingerprint density at radius 1 is 0.950 bits per heavy atom. The number of amides is 3. The number of rotatable bonds is 16. The van der Waals surface area contributed by atoms with Crippen molar-refractivity contribution in [2.75, 3.05) is 13.2 Å². The van der Waals surface area contributed by atoms with Gasteiger partial charge in [0, 0.05) is 24.9 Å². The number of carboxylic acid groups (broad SMARTS) is 1. The number of aromatic hydroxyl groups is 1. The maximum Gasteiger partial charge on any atom is 0.328 e. The number of aliphatic carboxylic acids is 1. The third-order valence-electron chi connectivity index (χ3n) is 5.72. The molecule has 1 aromatic heterocycles. The lowest BCUT2D eigenvalue weighted by Crippen LogP contribution is -2.58. The number of hydrogen-bond donors (Lipinski definition) is 10. The van der Waals surface area contributed by atoms with Crippen molar-refractivity contribution >= 4 is 29.7 Å². The molecule has 16 nitrogen and oxygen atoms in total. The standard InChI is InChI=1S/C24H35N9O7/c25-16(8-13-3-5-15(35)6-4-13)20(36)32-18(9-14-10-28-12-30-14)22(38)31-17(2-1-7-29-24(26)27)21(37)33-19(11-34)23(39)40/h3-6,10,12,16-19,34-35H,1-2,7-9,11,25H2,(H,28,30)(H,31,38)(H,32,36)(H,33,37)(H,39,40)(H4,26,27,29). The molecule has 4 atom stereocenters. The van der Waals surface area contributed by atoms with Crippen molar-refractivity contribution in [1.82, 2.24) is 25.9 Å². The third-order valence-corrected chi connectivity index (χ3v) is 5.72. The Hall–Kier alpha value is -4.70. The number of carboxylic acids is 1. The lowest BCUT2D eigenvalue weighted by atomic mass is 10.0. The molecule has 40 heavy (non-hydrogen) atoms. The number of nitrogens with one attached hydrogen (secondary N) is 4. The molecule has 4 unspecified atom stereocenters. The van der Waals surface area contributed by atoms with Crippen molar-refractivity contribution in [2.24, 2.45) is 22.2 Å². The SMILES string of the molecule is NC(N)=NCCCC(NC(=O)C(Cc1cnc[nH]1)NC(=O)C(N)Cc1ccc(O)cc1)C(=O)NC(CO)C(=O)O. The minimum absolute atomic E-state index is 0.0111. The van der Waals surface area contributed by atoms with E-state index in [9.17, 15) is 34.5 Å². The van der Waals surface area contributed by atoms with Crippen LogP contribution in [0, 0.1) is 0 Å².